The predicted octanol–water partition coefficient (Wildman–Crippen LogP) is 2.06. The van der Waals surface area contributed by atoms with Crippen molar-refractivity contribution < 1.29 is 22.7 Å². The van der Waals surface area contributed by atoms with Gasteiger partial charge in [0.1, 0.15) is 22.0 Å². The first kappa shape index (κ1) is 24.5. The van der Waals surface area contributed by atoms with Crippen LogP contribution in [0.25, 0.3) is 0 Å². The summed E-state index contributed by atoms with van der Waals surface area (Å²) >= 11 is 0. The lowest BCUT2D eigenvalue weighted by Gasteiger charge is -2.34. The van der Waals surface area contributed by atoms with Gasteiger partial charge in [-0.15, -0.1) is 0 Å². The topological polar surface area (TPSA) is 98.2 Å². The number of rotatable bonds is 7. The van der Waals surface area contributed by atoms with E-state index in [1.54, 1.807) is 24.4 Å². The van der Waals surface area contributed by atoms with E-state index in [4.69, 9.17) is 9.47 Å². The Hall–Kier alpha value is -3.63. The molecule has 9 nitrogen and oxygen atoms in total. The van der Waals surface area contributed by atoms with Crippen LogP contribution in [0, 0.1) is 0 Å². The molecule has 2 heterocycles. The van der Waals surface area contributed by atoms with Crippen LogP contribution in [-0.2, 0) is 16.6 Å². The number of hydrogen-bond acceptors (Lipinski definition) is 6. The quantitative estimate of drug-likeness (QED) is 0.496. The van der Waals surface area contributed by atoms with Gasteiger partial charge in [-0.2, -0.15) is 4.31 Å². The van der Waals surface area contributed by atoms with Crippen molar-refractivity contribution in [1.82, 2.24) is 13.8 Å². The predicted molar refractivity (Wildman–Crippen MR) is 130 cm³/mol. The second-order valence-corrected chi connectivity index (χ2v) is 9.96. The zero-order chi connectivity index (χ0) is 25.0. The van der Waals surface area contributed by atoms with E-state index in [-0.39, 0.29) is 47.9 Å². The number of benzene rings is 2. The van der Waals surface area contributed by atoms with Gasteiger partial charge < -0.3 is 18.9 Å². The molecule has 10 heteroatoms. The molecule has 0 N–H and O–H groups in total. The van der Waals surface area contributed by atoms with Crippen molar-refractivity contribution in [2.45, 2.75) is 11.4 Å². The highest BCUT2D eigenvalue weighted by Gasteiger charge is 2.33. The molecule has 3 aromatic rings. The molecule has 0 radical (unpaired) electrons. The fraction of sp³-hybridized carbons (Fsp3) is 0.280. The highest BCUT2D eigenvalue weighted by molar-refractivity contribution is 7.89. The molecule has 35 heavy (non-hydrogen) atoms. The molecule has 1 aliphatic heterocycles. The normalized spacial score (nSPS) is 14.5. The van der Waals surface area contributed by atoms with Gasteiger partial charge in [-0.25, -0.2) is 8.42 Å². The zero-order valence-corrected chi connectivity index (χ0v) is 20.4. The van der Waals surface area contributed by atoms with Gasteiger partial charge in [0.15, 0.2) is 0 Å². The number of aromatic nitrogens is 1. The smallest absolute Gasteiger partial charge is 0.263 e. The van der Waals surface area contributed by atoms with Crippen molar-refractivity contribution in [3.63, 3.8) is 0 Å². The molecule has 0 spiro atoms. The van der Waals surface area contributed by atoms with Crippen molar-refractivity contribution in [1.29, 1.82) is 0 Å². The van der Waals surface area contributed by atoms with Crippen LogP contribution in [0.4, 0.5) is 0 Å². The lowest BCUT2D eigenvalue weighted by molar-refractivity contribution is 0.0695. The Bertz CT molecular complexity index is 1360. The first-order valence-electron chi connectivity index (χ1n) is 11.1. The summed E-state index contributed by atoms with van der Waals surface area (Å²) < 4.78 is 39.8. The second kappa shape index (κ2) is 10.3. The molecule has 1 aromatic heterocycles. The second-order valence-electron chi connectivity index (χ2n) is 8.05. The van der Waals surface area contributed by atoms with Crippen LogP contribution in [0.5, 0.6) is 11.5 Å². The van der Waals surface area contributed by atoms with Crippen LogP contribution in [0.15, 0.2) is 76.6 Å². The molecule has 1 fully saturated rings. The van der Waals surface area contributed by atoms with E-state index in [1.165, 1.54) is 40.1 Å². The lowest BCUT2D eigenvalue weighted by Crippen LogP contribution is -2.51. The third kappa shape index (κ3) is 5.08. The monoisotopic (exact) mass is 497 g/mol. The number of methoxy groups -OCH3 is 2. The molecule has 4 rings (SSSR count). The minimum Gasteiger partial charge on any atom is -0.497 e. The third-order valence-corrected chi connectivity index (χ3v) is 7.88. The van der Waals surface area contributed by atoms with Crippen LogP contribution in [0.3, 0.4) is 0 Å². The molecule has 2 aromatic carbocycles. The summed E-state index contributed by atoms with van der Waals surface area (Å²) in [4.78, 5) is 27.6. The van der Waals surface area contributed by atoms with Crippen LogP contribution < -0.4 is 15.0 Å². The van der Waals surface area contributed by atoms with Gasteiger partial charge in [-0.1, -0.05) is 30.3 Å². The fourth-order valence-electron chi connectivity index (χ4n) is 4.03. The summed E-state index contributed by atoms with van der Waals surface area (Å²) in [5.74, 6) is 0.204. The SMILES string of the molecule is COc1ccc(OC)c(S(=O)(=O)N2CCN(C(=O)c3cccn(Cc4ccccc4)c3=O)CC2)c1. The van der Waals surface area contributed by atoms with Gasteiger partial charge in [0.2, 0.25) is 10.0 Å². The van der Waals surface area contributed by atoms with Crippen LogP contribution in [-0.4, -0.2) is 68.5 Å². The summed E-state index contributed by atoms with van der Waals surface area (Å²) in [5.41, 5.74) is 0.637. The Labute approximate surface area is 204 Å². The summed E-state index contributed by atoms with van der Waals surface area (Å²) in [6.07, 6.45) is 1.65. The van der Waals surface area contributed by atoms with Crippen LogP contribution in [0.2, 0.25) is 0 Å². The minimum absolute atomic E-state index is 0.00554. The van der Waals surface area contributed by atoms with Crippen molar-refractivity contribution in [3.8, 4) is 11.5 Å². The van der Waals surface area contributed by atoms with Gasteiger partial charge in [0.25, 0.3) is 11.5 Å². The molecule has 0 bridgehead atoms. The Kier molecular flexibility index (Phi) is 7.23. The highest BCUT2D eigenvalue weighted by atomic mass is 32.2. The first-order chi connectivity index (χ1) is 16.8. The van der Waals surface area contributed by atoms with E-state index in [0.29, 0.717) is 12.3 Å². The summed E-state index contributed by atoms with van der Waals surface area (Å²) in [7, 11) is -1.01. The zero-order valence-electron chi connectivity index (χ0n) is 19.6. The van der Waals surface area contributed by atoms with E-state index in [1.807, 2.05) is 30.3 Å². The van der Waals surface area contributed by atoms with Crippen molar-refractivity contribution >= 4 is 15.9 Å². The van der Waals surface area contributed by atoms with E-state index >= 15 is 0 Å². The van der Waals surface area contributed by atoms with Gasteiger partial charge >= 0.3 is 0 Å². The van der Waals surface area contributed by atoms with E-state index in [9.17, 15) is 18.0 Å². The standard InChI is InChI=1S/C25H27N3O6S/c1-33-20-10-11-22(34-2)23(17-20)35(31,32)28-15-13-26(14-16-28)24(29)21-9-6-12-27(25(21)30)18-19-7-4-3-5-8-19/h3-12,17H,13-16,18H2,1-2H3. The molecule has 1 amide bonds. The number of amides is 1. The molecule has 0 unspecified atom stereocenters. The molecule has 1 aliphatic rings. The minimum atomic E-state index is -3.88. The van der Waals surface area contributed by atoms with Crippen molar-refractivity contribution in [2.75, 3.05) is 40.4 Å². The van der Waals surface area contributed by atoms with Gasteiger partial charge in [0.05, 0.1) is 20.8 Å². The van der Waals surface area contributed by atoms with Gasteiger partial charge in [0, 0.05) is 38.4 Å². The van der Waals surface area contributed by atoms with Gasteiger partial charge in [-0.05, 0) is 29.8 Å². The highest BCUT2D eigenvalue weighted by Crippen LogP contribution is 2.31. The molecule has 184 valence electrons. The Morgan fingerprint density at radius 3 is 2.29 bits per heavy atom. The number of sulfonamides is 1. The number of ether oxygens (including phenoxy) is 2. The molecule has 0 aliphatic carbocycles. The summed E-state index contributed by atoms with van der Waals surface area (Å²) in [6, 6.07) is 17.3. The van der Waals surface area contributed by atoms with E-state index < -0.39 is 15.9 Å². The number of hydrogen-bond donors (Lipinski definition) is 0. The van der Waals surface area contributed by atoms with Crippen molar-refractivity contribution in [3.05, 3.63) is 88.3 Å². The first-order valence-corrected chi connectivity index (χ1v) is 12.5. The van der Waals surface area contributed by atoms with E-state index in [0.717, 1.165) is 5.56 Å². The fourth-order valence-corrected chi connectivity index (χ4v) is 5.62. The number of nitrogens with zero attached hydrogens (tertiary/aromatic N) is 3. The molecule has 1 saturated heterocycles. The summed E-state index contributed by atoms with van der Waals surface area (Å²) in [6.45, 7) is 0.878. The van der Waals surface area contributed by atoms with E-state index in [2.05, 4.69) is 0 Å². The molecule has 0 saturated carbocycles. The Morgan fingerprint density at radius 2 is 1.63 bits per heavy atom. The molecular formula is C25H27N3O6S. The number of pyridine rings is 1. The molecular weight excluding hydrogens is 470 g/mol. The molecule has 0 atom stereocenters. The van der Waals surface area contributed by atoms with Crippen LogP contribution in [0.1, 0.15) is 15.9 Å². The largest absolute Gasteiger partial charge is 0.497 e. The number of carbonyl (C=O) groups excluding carboxylic acids is 1. The maximum Gasteiger partial charge on any atom is 0.263 e. The van der Waals surface area contributed by atoms with Gasteiger partial charge in [-0.3, -0.25) is 9.59 Å². The average molecular weight is 498 g/mol. The average Bonchev–Trinajstić information content (AvgIpc) is 2.89. The number of carbonyl (C=O) groups is 1. The van der Waals surface area contributed by atoms with Crippen LogP contribution >= 0.6 is 0 Å². The number of piperazine rings is 1. The Balaban J connectivity index is 1.49. The third-order valence-electron chi connectivity index (χ3n) is 5.96. The Morgan fingerprint density at radius 1 is 0.914 bits per heavy atom. The summed E-state index contributed by atoms with van der Waals surface area (Å²) in [5, 5.41) is 0. The van der Waals surface area contributed by atoms with Crippen molar-refractivity contribution in [2.24, 2.45) is 0 Å². The maximum atomic E-state index is 13.3. The maximum absolute atomic E-state index is 13.3. The lowest BCUT2D eigenvalue weighted by atomic mass is 10.2.